The van der Waals surface area contributed by atoms with Gasteiger partial charge >= 0.3 is 6.09 Å². The van der Waals surface area contributed by atoms with Crippen molar-refractivity contribution in [1.82, 2.24) is 9.99 Å². The van der Waals surface area contributed by atoms with Gasteiger partial charge in [-0.25, -0.2) is 4.79 Å². The molecule has 2 heterocycles. The predicted octanol–water partition coefficient (Wildman–Crippen LogP) is 5.78. The van der Waals surface area contributed by atoms with Gasteiger partial charge in [0, 0.05) is 41.7 Å². The van der Waals surface area contributed by atoms with Gasteiger partial charge < -0.3 is 19.8 Å². The highest BCUT2D eigenvalue weighted by Crippen LogP contribution is 2.44. The summed E-state index contributed by atoms with van der Waals surface area (Å²) in [7, 11) is 0. The number of carbonyl (C=O) groups excluding carboxylic acids is 1. The van der Waals surface area contributed by atoms with Crippen LogP contribution in [0.25, 0.3) is 22.2 Å². The van der Waals surface area contributed by atoms with Crippen molar-refractivity contribution in [2.24, 2.45) is 11.0 Å². The zero-order chi connectivity index (χ0) is 23.2. The molecule has 2 aromatic carbocycles. The molecule has 6 rings (SSSR count). The lowest BCUT2D eigenvalue weighted by Gasteiger charge is -2.30. The smallest absolute Gasteiger partial charge is 0.411 e. The first-order chi connectivity index (χ1) is 16.6. The fourth-order valence-electron chi connectivity index (χ4n) is 5.15. The van der Waals surface area contributed by atoms with Crippen molar-refractivity contribution < 1.29 is 14.6 Å². The molecule has 0 radical (unpaired) electrons. The van der Waals surface area contributed by atoms with E-state index in [1.165, 1.54) is 6.42 Å². The number of benzene rings is 2. The fraction of sp³-hybridized carbons (Fsp3) is 0.407. The predicted molar refractivity (Wildman–Crippen MR) is 133 cm³/mol. The molecular formula is C27H30N4O3. The highest BCUT2D eigenvalue weighted by Gasteiger charge is 2.31. The zero-order valence-electron chi connectivity index (χ0n) is 19.4. The molecule has 176 valence electrons. The van der Waals surface area contributed by atoms with Gasteiger partial charge in [0.25, 0.3) is 0 Å². The van der Waals surface area contributed by atoms with Crippen molar-refractivity contribution in [3.05, 3.63) is 48.0 Å². The summed E-state index contributed by atoms with van der Waals surface area (Å²) in [5.41, 5.74) is 9.25. The maximum Gasteiger partial charge on any atom is 0.411 e. The minimum atomic E-state index is -0.404. The number of nitrogens with zero attached hydrogens (tertiary/aromatic N) is 2. The number of phenols is 1. The van der Waals surface area contributed by atoms with Gasteiger partial charge in [0.05, 0.1) is 16.9 Å². The molecule has 1 atom stereocenters. The number of aromatic nitrogens is 1. The number of carbonyl (C=O) groups is 1. The Bertz CT molecular complexity index is 1270. The van der Waals surface area contributed by atoms with Crippen LogP contribution in [0, 0.1) is 5.92 Å². The van der Waals surface area contributed by atoms with E-state index >= 15 is 0 Å². The molecule has 0 saturated heterocycles. The second-order valence-electron chi connectivity index (χ2n) is 9.75. The summed E-state index contributed by atoms with van der Waals surface area (Å²) in [4.78, 5) is 12.3. The summed E-state index contributed by atoms with van der Waals surface area (Å²) in [6.07, 6.45) is 6.16. The molecule has 34 heavy (non-hydrogen) atoms. The fourth-order valence-corrected chi connectivity index (χ4v) is 5.15. The van der Waals surface area contributed by atoms with Gasteiger partial charge in [-0.3, -0.25) is 5.32 Å². The van der Waals surface area contributed by atoms with E-state index in [9.17, 15) is 9.90 Å². The summed E-state index contributed by atoms with van der Waals surface area (Å²) in [6, 6.07) is 14.0. The Kier molecular flexibility index (Phi) is 5.20. The van der Waals surface area contributed by atoms with E-state index in [2.05, 4.69) is 32.5 Å². The molecule has 1 aromatic heterocycles. The van der Waals surface area contributed by atoms with E-state index in [0.717, 1.165) is 72.1 Å². The van der Waals surface area contributed by atoms with E-state index in [1.807, 2.05) is 31.2 Å². The van der Waals surface area contributed by atoms with E-state index < -0.39 is 6.09 Å². The van der Waals surface area contributed by atoms with Crippen LogP contribution in [0.1, 0.15) is 57.1 Å². The molecule has 3 N–H and O–H groups in total. The summed E-state index contributed by atoms with van der Waals surface area (Å²) in [5.74, 6) is 0.779. The number of phenolic OH excluding ortho intramolecular Hbond substituents is 1. The van der Waals surface area contributed by atoms with Crippen molar-refractivity contribution in [2.75, 3.05) is 11.9 Å². The van der Waals surface area contributed by atoms with Crippen LogP contribution in [0.3, 0.4) is 0 Å². The molecule has 3 aromatic rings. The number of ether oxygens (including phenoxy) is 1. The first kappa shape index (κ1) is 21.1. The molecule has 1 amide bonds. The van der Waals surface area contributed by atoms with Crippen LogP contribution in [-0.4, -0.2) is 34.1 Å². The minimum absolute atomic E-state index is 0.0442. The number of nitrogens with one attached hydrogen (secondary N) is 2. The number of anilines is 1. The van der Waals surface area contributed by atoms with Crippen LogP contribution < -0.4 is 10.7 Å². The van der Waals surface area contributed by atoms with Crippen molar-refractivity contribution in [3.8, 4) is 17.0 Å². The molecule has 2 aliphatic carbocycles. The van der Waals surface area contributed by atoms with E-state index in [4.69, 9.17) is 4.74 Å². The van der Waals surface area contributed by atoms with Gasteiger partial charge in [-0.15, -0.1) is 0 Å². The van der Waals surface area contributed by atoms with E-state index in [-0.39, 0.29) is 11.9 Å². The summed E-state index contributed by atoms with van der Waals surface area (Å²) < 4.78 is 7.89. The van der Waals surface area contributed by atoms with E-state index in [1.54, 1.807) is 6.07 Å². The zero-order valence-corrected chi connectivity index (χ0v) is 19.4. The van der Waals surface area contributed by atoms with Crippen molar-refractivity contribution >= 4 is 28.4 Å². The van der Waals surface area contributed by atoms with Gasteiger partial charge in [0.2, 0.25) is 0 Å². The second-order valence-corrected chi connectivity index (χ2v) is 9.75. The number of rotatable bonds is 6. The third kappa shape index (κ3) is 3.79. The lowest BCUT2D eigenvalue weighted by Crippen LogP contribution is -2.21. The maximum atomic E-state index is 12.3. The van der Waals surface area contributed by atoms with Gasteiger partial charge in [-0.2, -0.15) is 5.10 Å². The molecule has 7 nitrogen and oxygen atoms in total. The Morgan fingerprint density at radius 2 is 1.97 bits per heavy atom. The standard InChI is InChI=1S/C27H30N4O3/c1-16(17-5-6-17)34-27(33)29-19-9-7-18(8-10-19)26-25(23-13-14-28-30-23)22-12-11-21(32)15-24(22)31(26)20-3-2-4-20/h7-12,15-17,20,28,32H,2-6,13-14H2,1H3,(H,29,33). The van der Waals surface area contributed by atoms with Crippen LogP contribution in [0.4, 0.5) is 10.5 Å². The molecule has 0 spiro atoms. The molecule has 1 unspecified atom stereocenters. The van der Waals surface area contributed by atoms with E-state index in [0.29, 0.717) is 17.6 Å². The van der Waals surface area contributed by atoms with Crippen LogP contribution in [-0.2, 0) is 4.74 Å². The third-order valence-electron chi connectivity index (χ3n) is 7.39. The molecular weight excluding hydrogens is 428 g/mol. The topological polar surface area (TPSA) is 87.9 Å². The quantitative estimate of drug-likeness (QED) is 0.437. The number of hydrazone groups is 1. The van der Waals surface area contributed by atoms with Crippen LogP contribution in [0.15, 0.2) is 47.6 Å². The molecule has 7 heteroatoms. The largest absolute Gasteiger partial charge is 0.508 e. The normalized spacial score (nSPS) is 18.8. The first-order valence-electron chi connectivity index (χ1n) is 12.3. The molecule has 2 saturated carbocycles. The summed E-state index contributed by atoms with van der Waals surface area (Å²) in [5, 5.41) is 18.9. The van der Waals surface area contributed by atoms with Crippen molar-refractivity contribution in [1.29, 1.82) is 0 Å². The van der Waals surface area contributed by atoms with Crippen molar-refractivity contribution in [3.63, 3.8) is 0 Å². The Morgan fingerprint density at radius 1 is 1.18 bits per heavy atom. The van der Waals surface area contributed by atoms with Crippen molar-refractivity contribution in [2.45, 2.75) is 57.6 Å². The Balaban J connectivity index is 1.38. The molecule has 3 aliphatic rings. The van der Waals surface area contributed by atoms with Crippen LogP contribution in [0.5, 0.6) is 5.75 Å². The lowest BCUT2D eigenvalue weighted by atomic mass is 9.92. The van der Waals surface area contributed by atoms with Gasteiger partial charge in [0.15, 0.2) is 0 Å². The number of fused-ring (bicyclic) bond motifs is 1. The SMILES string of the molecule is CC(OC(=O)Nc1ccc(-c2c(C3=NNCC3)c3ccc(O)cc3n2C2CCC2)cc1)C1CC1. The number of amides is 1. The van der Waals surface area contributed by atoms with Crippen LogP contribution >= 0.6 is 0 Å². The van der Waals surface area contributed by atoms with Gasteiger partial charge in [-0.1, -0.05) is 12.1 Å². The summed E-state index contributed by atoms with van der Waals surface area (Å²) >= 11 is 0. The average Bonchev–Trinajstić information content (AvgIpc) is 3.42. The Labute approximate surface area is 198 Å². The number of hydrogen-bond acceptors (Lipinski definition) is 5. The van der Waals surface area contributed by atoms with Gasteiger partial charge in [0.1, 0.15) is 11.9 Å². The minimum Gasteiger partial charge on any atom is -0.508 e. The first-order valence-corrected chi connectivity index (χ1v) is 12.3. The number of hydrogen-bond donors (Lipinski definition) is 3. The van der Waals surface area contributed by atoms with Crippen LogP contribution in [0.2, 0.25) is 0 Å². The Morgan fingerprint density at radius 3 is 2.62 bits per heavy atom. The maximum absolute atomic E-state index is 12.3. The highest BCUT2D eigenvalue weighted by atomic mass is 16.6. The monoisotopic (exact) mass is 458 g/mol. The second kappa shape index (κ2) is 8.38. The molecule has 0 bridgehead atoms. The average molecular weight is 459 g/mol. The summed E-state index contributed by atoms with van der Waals surface area (Å²) in [6.45, 7) is 2.78. The molecule has 2 fully saturated rings. The lowest BCUT2D eigenvalue weighted by molar-refractivity contribution is 0.108. The molecule has 1 aliphatic heterocycles. The Hall–Kier alpha value is -3.48. The highest BCUT2D eigenvalue weighted by molar-refractivity contribution is 6.16. The number of aromatic hydroxyl groups is 1. The third-order valence-corrected chi connectivity index (χ3v) is 7.39. The van der Waals surface area contributed by atoms with Gasteiger partial charge in [-0.05, 0) is 74.8 Å².